The second kappa shape index (κ2) is 8.86. The molecule has 2 aromatic rings. The van der Waals surface area contributed by atoms with Gasteiger partial charge in [0, 0.05) is 29.9 Å². The summed E-state index contributed by atoms with van der Waals surface area (Å²) in [7, 11) is -2.54. The maximum atomic E-state index is 7.34. The topological polar surface area (TPSA) is 18.5 Å². The number of ether oxygens (including phenoxy) is 1. The van der Waals surface area contributed by atoms with E-state index in [1.807, 2.05) is 0 Å². The molecule has 1 fully saturated rings. The van der Waals surface area contributed by atoms with Gasteiger partial charge in [-0.05, 0) is 34.7 Å². The summed E-state index contributed by atoms with van der Waals surface area (Å²) in [6.45, 7) is 13.3. The number of alkyl halides is 1. The monoisotopic (exact) mass is 512 g/mol. The molecule has 0 bridgehead atoms. The Morgan fingerprint density at radius 3 is 2.06 bits per heavy atom. The third-order valence-corrected chi connectivity index (χ3v) is 13.9. The fourth-order valence-corrected chi connectivity index (χ4v) is 11.2. The number of rotatable bonds is 6. The number of fused-ring (bicyclic) bond motifs is 1. The molecule has 32 heavy (non-hydrogen) atoms. The predicted octanol–water partition coefficient (Wildman–Crippen LogP) is 5.95. The van der Waals surface area contributed by atoms with E-state index < -0.39 is 8.32 Å². The van der Waals surface area contributed by atoms with Crippen LogP contribution in [0.2, 0.25) is 5.04 Å². The average Bonchev–Trinajstić information content (AvgIpc) is 3.13. The molecule has 4 heteroatoms. The first kappa shape index (κ1) is 23.9. The van der Waals surface area contributed by atoms with Crippen LogP contribution in [-0.2, 0) is 9.16 Å². The van der Waals surface area contributed by atoms with Crippen LogP contribution in [0, 0.1) is 17.3 Å². The van der Waals surface area contributed by atoms with E-state index in [1.54, 1.807) is 0 Å². The lowest BCUT2D eigenvalue weighted by atomic mass is 9.69. The molecule has 0 radical (unpaired) electrons. The van der Waals surface area contributed by atoms with Crippen molar-refractivity contribution in [3.8, 4) is 0 Å². The zero-order chi connectivity index (χ0) is 23.0. The van der Waals surface area contributed by atoms with Crippen LogP contribution in [0.5, 0.6) is 0 Å². The van der Waals surface area contributed by atoms with Gasteiger partial charge in [0.05, 0.1) is 5.60 Å². The molecule has 0 amide bonds. The molecule has 1 heterocycles. The normalized spacial score (nSPS) is 30.3. The summed E-state index contributed by atoms with van der Waals surface area (Å²) in [6, 6.07) is 21.9. The van der Waals surface area contributed by atoms with Gasteiger partial charge in [0.25, 0.3) is 8.32 Å². The molecule has 0 aromatic heterocycles. The van der Waals surface area contributed by atoms with Crippen molar-refractivity contribution in [1.29, 1.82) is 0 Å². The molecule has 0 spiro atoms. The molecular formula is C28H37BrO2Si. The number of hydrogen-bond donors (Lipinski definition) is 0. The number of hydrogen-bond acceptors (Lipinski definition) is 2. The van der Waals surface area contributed by atoms with Gasteiger partial charge in [-0.15, -0.1) is 0 Å². The summed E-state index contributed by atoms with van der Waals surface area (Å²) in [5.74, 6) is 0.959. The lowest BCUT2D eigenvalue weighted by molar-refractivity contribution is -0.115. The zero-order valence-electron chi connectivity index (χ0n) is 20.1. The van der Waals surface area contributed by atoms with E-state index in [0.717, 1.165) is 25.0 Å². The lowest BCUT2D eigenvalue weighted by Gasteiger charge is -2.48. The summed E-state index contributed by atoms with van der Waals surface area (Å²) in [5.41, 5.74) is -0.139. The van der Waals surface area contributed by atoms with Gasteiger partial charge < -0.3 is 9.16 Å². The van der Waals surface area contributed by atoms with E-state index in [0.29, 0.717) is 11.8 Å². The Kier molecular flexibility index (Phi) is 6.63. The molecule has 0 saturated carbocycles. The van der Waals surface area contributed by atoms with Gasteiger partial charge in [-0.3, -0.25) is 0 Å². The lowest BCUT2D eigenvalue weighted by Crippen LogP contribution is -2.67. The highest BCUT2D eigenvalue weighted by Crippen LogP contribution is 2.52. The van der Waals surface area contributed by atoms with Crippen LogP contribution in [0.25, 0.3) is 0 Å². The minimum atomic E-state index is -2.54. The zero-order valence-corrected chi connectivity index (χ0v) is 22.7. The van der Waals surface area contributed by atoms with E-state index >= 15 is 0 Å². The minimum Gasteiger partial charge on any atom is -0.407 e. The van der Waals surface area contributed by atoms with E-state index in [4.69, 9.17) is 9.16 Å². The Bertz CT molecular complexity index is 899. The molecule has 0 unspecified atom stereocenters. The first-order valence-corrected chi connectivity index (χ1v) is 14.8. The summed E-state index contributed by atoms with van der Waals surface area (Å²) in [4.78, 5) is 0. The highest BCUT2D eigenvalue weighted by Gasteiger charge is 2.55. The average molecular weight is 514 g/mol. The van der Waals surface area contributed by atoms with E-state index in [9.17, 15) is 0 Å². The van der Waals surface area contributed by atoms with Crippen molar-refractivity contribution in [3.05, 3.63) is 72.8 Å². The van der Waals surface area contributed by atoms with E-state index in [-0.39, 0.29) is 16.1 Å². The van der Waals surface area contributed by atoms with Crippen molar-refractivity contribution in [3.63, 3.8) is 0 Å². The molecule has 4 rings (SSSR count). The minimum absolute atomic E-state index is 0.00490. The number of benzene rings is 2. The molecule has 2 aromatic carbocycles. The molecule has 1 aliphatic carbocycles. The van der Waals surface area contributed by atoms with Crippen molar-refractivity contribution >= 4 is 34.6 Å². The van der Waals surface area contributed by atoms with E-state index in [1.165, 1.54) is 10.4 Å². The molecule has 1 aliphatic heterocycles. The van der Waals surface area contributed by atoms with Gasteiger partial charge in [0.2, 0.25) is 0 Å². The standard InChI is InChI=1S/C28H37BrO2Si/c1-26(2,3)32(22-12-8-6-9-13-22,23-14-10-7-11-15-23)31-21-27(4)18-16-25-24(27)17-19-30-28(25,5)20-29/h6-16,18,24-25H,17,19-21H2,1-5H3/t24-,25+,27+,28-/m0/s1. The Morgan fingerprint density at radius 1 is 1.00 bits per heavy atom. The van der Waals surface area contributed by atoms with Crippen LogP contribution >= 0.6 is 15.9 Å². The second-order valence-electron chi connectivity index (χ2n) is 11.0. The smallest absolute Gasteiger partial charge is 0.261 e. The van der Waals surface area contributed by atoms with Crippen LogP contribution in [0.1, 0.15) is 41.0 Å². The van der Waals surface area contributed by atoms with Crippen LogP contribution in [0.4, 0.5) is 0 Å². The van der Waals surface area contributed by atoms with Crippen molar-refractivity contribution in [2.75, 3.05) is 18.5 Å². The predicted molar refractivity (Wildman–Crippen MR) is 141 cm³/mol. The van der Waals surface area contributed by atoms with Gasteiger partial charge in [0.15, 0.2) is 0 Å². The van der Waals surface area contributed by atoms with Crippen molar-refractivity contribution in [2.24, 2.45) is 17.3 Å². The van der Waals surface area contributed by atoms with Crippen LogP contribution in [0.3, 0.4) is 0 Å². The fourth-order valence-electron chi connectivity index (χ4n) is 5.95. The largest absolute Gasteiger partial charge is 0.407 e. The first-order valence-electron chi connectivity index (χ1n) is 11.8. The van der Waals surface area contributed by atoms with Gasteiger partial charge in [-0.1, -0.05) is 116 Å². The van der Waals surface area contributed by atoms with Gasteiger partial charge in [-0.25, -0.2) is 0 Å². The first-order chi connectivity index (χ1) is 15.2. The highest BCUT2D eigenvalue weighted by atomic mass is 79.9. The maximum Gasteiger partial charge on any atom is 0.261 e. The Hall–Kier alpha value is -1.20. The Labute approximate surface area is 203 Å². The summed E-state index contributed by atoms with van der Waals surface area (Å²) in [6.07, 6.45) is 5.91. The summed E-state index contributed by atoms with van der Waals surface area (Å²) in [5, 5.41) is 3.54. The molecule has 172 valence electrons. The van der Waals surface area contributed by atoms with Crippen molar-refractivity contribution < 1.29 is 9.16 Å². The Balaban J connectivity index is 1.73. The van der Waals surface area contributed by atoms with Crippen LogP contribution < -0.4 is 10.4 Å². The molecule has 1 saturated heterocycles. The third kappa shape index (κ3) is 3.98. The van der Waals surface area contributed by atoms with Crippen LogP contribution in [-0.4, -0.2) is 32.5 Å². The highest BCUT2D eigenvalue weighted by molar-refractivity contribution is 9.09. The molecular weight excluding hydrogens is 476 g/mol. The van der Waals surface area contributed by atoms with Crippen molar-refractivity contribution in [2.45, 2.75) is 51.7 Å². The second-order valence-corrected chi connectivity index (χ2v) is 15.9. The SMILES string of the molecule is CC(C)(C)[Si](OC[C@@]1(C)C=C[C@@H]2[C@@H]1CCO[C@@]2(C)CBr)(c1ccccc1)c1ccccc1. The molecule has 0 N–H and O–H groups in total. The third-order valence-electron chi connectivity index (χ3n) is 7.81. The fraction of sp³-hybridized carbons (Fsp3) is 0.500. The number of halogens is 1. The van der Waals surface area contributed by atoms with Gasteiger partial charge >= 0.3 is 0 Å². The maximum absolute atomic E-state index is 7.34. The summed E-state index contributed by atoms with van der Waals surface area (Å²) >= 11 is 3.72. The van der Waals surface area contributed by atoms with Crippen molar-refractivity contribution in [1.82, 2.24) is 0 Å². The van der Waals surface area contributed by atoms with Gasteiger partial charge in [-0.2, -0.15) is 0 Å². The van der Waals surface area contributed by atoms with Crippen LogP contribution in [0.15, 0.2) is 72.8 Å². The van der Waals surface area contributed by atoms with E-state index in [2.05, 4.69) is 123 Å². The molecule has 2 nitrogen and oxygen atoms in total. The van der Waals surface area contributed by atoms with Gasteiger partial charge in [0.1, 0.15) is 0 Å². The Morgan fingerprint density at radius 2 is 1.56 bits per heavy atom. The quantitative estimate of drug-likeness (QED) is 0.270. The molecule has 4 atom stereocenters. The molecule has 2 aliphatic rings. The summed E-state index contributed by atoms with van der Waals surface area (Å²) < 4.78 is 13.6.